The van der Waals surface area contributed by atoms with Gasteiger partial charge in [0, 0.05) is 19.3 Å². The van der Waals surface area contributed by atoms with Gasteiger partial charge in [0.05, 0.1) is 5.56 Å². The van der Waals surface area contributed by atoms with E-state index in [0.29, 0.717) is 17.4 Å². The summed E-state index contributed by atoms with van der Waals surface area (Å²) in [5, 5.41) is 5.82. The molecular formula is C10H13N3O. The molecule has 14 heavy (non-hydrogen) atoms. The molecular weight excluding hydrogens is 178 g/mol. The van der Waals surface area contributed by atoms with E-state index in [0.717, 1.165) is 12.8 Å². The molecule has 2 N–H and O–H groups in total. The van der Waals surface area contributed by atoms with Crippen LogP contribution in [0.5, 0.6) is 0 Å². The molecule has 0 aliphatic heterocycles. The second-order valence-corrected chi connectivity index (χ2v) is 3.40. The number of aromatic nitrogens is 1. The number of nitrogens with one attached hydrogen (secondary N) is 2. The molecule has 0 aromatic carbocycles. The molecule has 1 saturated carbocycles. The largest absolute Gasteiger partial charge is 0.372 e. The Morgan fingerprint density at radius 3 is 3.00 bits per heavy atom. The molecule has 0 saturated heterocycles. The van der Waals surface area contributed by atoms with Crippen molar-refractivity contribution in [1.29, 1.82) is 0 Å². The molecule has 1 aliphatic carbocycles. The summed E-state index contributed by atoms with van der Waals surface area (Å²) in [6, 6.07) is 3.92. The van der Waals surface area contributed by atoms with Gasteiger partial charge in [-0.3, -0.25) is 4.79 Å². The van der Waals surface area contributed by atoms with Gasteiger partial charge in [0.1, 0.15) is 5.82 Å². The Bertz CT molecular complexity index is 347. The Balaban J connectivity index is 2.16. The van der Waals surface area contributed by atoms with Crippen LogP contribution in [0.4, 0.5) is 5.82 Å². The highest BCUT2D eigenvalue weighted by Crippen LogP contribution is 2.20. The molecule has 0 radical (unpaired) electrons. The van der Waals surface area contributed by atoms with E-state index in [9.17, 15) is 4.79 Å². The normalized spacial score (nSPS) is 14.9. The topological polar surface area (TPSA) is 54.0 Å². The number of carbonyl (C=O) groups excluding carboxylic acids is 1. The van der Waals surface area contributed by atoms with Gasteiger partial charge in [0.25, 0.3) is 5.91 Å². The van der Waals surface area contributed by atoms with Crippen LogP contribution in [0.2, 0.25) is 0 Å². The summed E-state index contributed by atoms with van der Waals surface area (Å²) in [6.07, 6.45) is 3.86. The molecule has 0 spiro atoms. The van der Waals surface area contributed by atoms with Gasteiger partial charge in [-0.1, -0.05) is 0 Å². The van der Waals surface area contributed by atoms with Gasteiger partial charge < -0.3 is 10.6 Å². The second-order valence-electron chi connectivity index (χ2n) is 3.40. The number of amides is 1. The first-order valence-electron chi connectivity index (χ1n) is 4.75. The van der Waals surface area contributed by atoms with Crippen LogP contribution in [0.25, 0.3) is 0 Å². The Labute approximate surface area is 82.7 Å². The van der Waals surface area contributed by atoms with Gasteiger partial charge in [-0.2, -0.15) is 0 Å². The van der Waals surface area contributed by atoms with E-state index in [1.54, 1.807) is 25.4 Å². The van der Waals surface area contributed by atoms with Crippen molar-refractivity contribution in [3.63, 3.8) is 0 Å². The van der Waals surface area contributed by atoms with E-state index >= 15 is 0 Å². The fourth-order valence-corrected chi connectivity index (χ4v) is 1.28. The first-order chi connectivity index (χ1) is 6.81. The molecule has 1 fully saturated rings. The van der Waals surface area contributed by atoms with Crippen molar-refractivity contribution in [3.05, 3.63) is 23.9 Å². The molecule has 1 aliphatic rings. The van der Waals surface area contributed by atoms with Crippen molar-refractivity contribution in [1.82, 2.24) is 10.3 Å². The van der Waals surface area contributed by atoms with E-state index in [-0.39, 0.29) is 5.91 Å². The molecule has 0 bridgehead atoms. The fraction of sp³-hybridized carbons (Fsp3) is 0.400. The van der Waals surface area contributed by atoms with Gasteiger partial charge >= 0.3 is 0 Å². The number of carbonyl (C=O) groups is 1. The Morgan fingerprint density at radius 2 is 2.36 bits per heavy atom. The molecule has 74 valence electrons. The standard InChI is InChI=1S/C10H13N3O/c1-11-9-8(3-2-6-12-9)10(14)13-7-4-5-7/h2-3,6-7H,4-5H2,1H3,(H,11,12)(H,13,14). The molecule has 1 aromatic heterocycles. The third-order valence-corrected chi connectivity index (χ3v) is 2.20. The van der Waals surface area contributed by atoms with Crippen LogP contribution >= 0.6 is 0 Å². The number of anilines is 1. The van der Waals surface area contributed by atoms with E-state index in [1.165, 1.54) is 0 Å². The predicted octanol–water partition coefficient (Wildman–Crippen LogP) is 1.02. The molecule has 2 rings (SSSR count). The Morgan fingerprint density at radius 1 is 1.57 bits per heavy atom. The summed E-state index contributed by atoms with van der Waals surface area (Å²) in [5.74, 6) is 0.593. The van der Waals surface area contributed by atoms with E-state index in [2.05, 4.69) is 15.6 Å². The molecule has 1 aromatic rings. The van der Waals surface area contributed by atoms with Crippen LogP contribution < -0.4 is 10.6 Å². The van der Waals surface area contributed by atoms with Crippen molar-refractivity contribution in [2.45, 2.75) is 18.9 Å². The van der Waals surface area contributed by atoms with Gasteiger partial charge in [-0.25, -0.2) is 4.98 Å². The molecule has 4 heteroatoms. The predicted molar refractivity (Wildman–Crippen MR) is 54.3 cm³/mol. The van der Waals surface area contributed by atoms with Crippen molar-refractivity contribution < 1.29 is 4.79 Å². The number of rotatable bonds is 3. The first kappa shape index (κ1) is 8.99. The number of nitrogens with zero attached hydrogens (tertiary/aromatic N) is 1. The zero-order valence-corrected chi connectivity index (χ0v) is 8.08. The lowest BCUT2D eigenvalue weighted by atomic mass is 10.2. The average Bonchev–Trinajstić information content (AvgIpc) is 3.01. The zero-order chi connectivity index (χ0) is 9.97. The minimum atomic E-state index is -0.0371. The smallest absolute Gasteiger partial charge is 0.255 e. The lowest BCUT2D eigenvalue weighted by Crippen LogP contribution is -2.26. The second kappa shape index (κ2) is 3.65. The first-order valence-corrected chi connectivity index (χ1v) is 4.75. The van der Waals surface area contributed by atoms with Crippen LogP contribution in [0.3, 0.4) is 0 Å². The van der Waals surface area contributed by atoms with Crippen LogP contribution in [-0.2, 0) is 0 Å². The summed E-state index contributed by atoms with van der Waals surface area (Å²) < 4.78 is 0. The highest BCUT2D eigenvalue weighted by molar-refractivity contribution is 5.98. The summed E-state index contributed by atoms with van der Waals surface area (Å²) in [6.45, 7) is 0. The SMILES string of the molecule is CNc1ncccc1C(=O)NC1CC1. The van der Waals surface area contributed by atoms with Gasteiger partial charge in [-0.15, -0.1) is 0 Å². The minimum absolute atomic E-state index is 0.0371. The van der Waals surface area contributed by atoms with Crippen LogP contribution in [0.1, 0.15) is 23.2 Å². The third kappa shape index (κ3) is 1.84. The maximum Gasteiger partial charge on any atom is 0.255 e. The van der Waals surface area contributed by atoms with Crippen molar-refractivity contribution in [3.8, 4) is 0 Å². The fourth-order valence-electron chi connectivity index (χ4n) is 1.28. The molecule has 4 nitrogen and oxygen atoms in total. The van der Waals surface area contributed by atoms with Crippen molar-refractivity contribution in [2.24, 2.45) is 0 Å². The van der Waals surface area contributed by atoms with E-state index < -0.39 is 0 Å². The summed E-state index contributed by atoms with van der Waals surface area (Å²) in [5.41, 5.74) is 0.613. The highest BCUT2D eigenvalue weighted by atomic mass is 16.1. The maximum absolute atomic E-state index is 11.7. The summed E-state index contributed by atoms with van der Waals surface area (Å²) in [4.78, 5) is 15.8. The number of pyridine rings is 1. The highest BCUT2D eigenvalue weighted by Gasteiger charge is 2.24. The number of hydrogen-bond donors (Lipinski definition) is 2. The molecule has 1 heterocycles. The minimum Gasteiger partial charge on any atom is -0.372 e. The third-order valence-electron chi connectivity index (χ3n) is 2.20. The summed E-state index contributed by atoms with van der Waals surface area (Å²) >= 11 is 0. The Kier molecular flexibility index (Phi) is 2.35. The van der Waals surface area contributed by atoms with Crippen LogP contribution in [0.15, 0.2) is 18.3 Å². The zero-order valence-electron chi connectivity index (χ0n) is 8.08. The number of hydrogen-bond acceptors (Lipinski definition) is 3. The maximum atomic E-state index is 11.7. The van der Waals surface area contributed by atoms with E-state index in [4.69, 9.17) is 0 Å². The van der Waals surface area contributed by atoms with Crippen LogP contribution in [-0.4, -0.2) is 24.0 Å². The van der Waals surface area contributed by atoms with Crippen LogP contribution in [0, 0.1) is 0 Å². The summed E-state index contributed by atoms with van der Waals surface area (Å²) in [7, 11) is 1.76. The van der Waals surface area contributed by atoms with Crippen molar-refractivity contribution in [2.75, 3.05) is 12.4 Å². The van der Waals surface area contributed by atoms with Gasteiger partial charge in [0.2, 0.25) is 0 Å². The lowest BCUT2D eigenvalue weighted by Gasteiger charge is -2.07. The lowest BCUT2D eigenvalue weighted by molar-refractivity contribution is 0.0951. The molecule has 0 unspecified atom stereocenters. The Hall–Kier alpha value is -1.58. The van der Waals surface area contributed by atoms with Crippen molar-refractivity contribution >= 4 is 11.7 Å². The molecule has 1 amide bonds. The van der Waals surface area contributed by atoms with Gasteiger partial charge in [0.15, 0.2) is 0 Å². The quantitative estimate of drug-likeness (QED) is 0.749. The van der Waals surface area contributed by atoms with Gasteiger partial charge in [-0.05, 0) is 25.0 Å². The van der Waals surface area contributed by atoms with E-state index in [1.807, 2.05) is 0 Å². The molecule has 0 atom stereocenters. The monoisotopic (exact) mass is 191 g/mol. The average molecular weight is 191 g/mol.